The Balaban J connectivity index is 0.00000192. The molecule has 0 amide bonds. The summed E-state index contributed by atoms with van der Waals surface area (Å²) in [4.78, 5) is 9.11. The Morgan fingerprint density at radius 3 is 2.78 bits per heavy atom. The van der Waals surface area contributed by atoms with E-state index in [-0.39, 0.29) is 12.4 Å². The molecule has 0 fully saturated rings. The molecule has 3 rings (SSSR count). The minimum atomic E-state index is 0. The molecule has 0 spiro atoms. The van der Waals surface area contributed by atoms with Gasteiger partial charge in [0.1, 0.15) is 5.82 Å². The second kappa shape index (κ2) is 7.55. The van der Waals surface area contributed by atoms with Crippen molar-refractivity contribution in [3.63, 3.8) is 0 Å². The third kappa shape index (κ3) is 3.70. The number of nitrogens with zero attached hydrogens (tertiary/aromatic N) is 3. The van der Waals surface area contributed by atoms with E-state index in [0.29, 0.717) is 0 Å². The average Bonchev–Trinajstić information content (AvgIpc) is 2.56. The molecule has 2 N–H and O–H groups in total. The minimum absolute atomic E-state index is 0. The summed E-state index contributed by atoms with van der Waals surface area (Å²) in [5.41, 5.74) is 10.9. The van der Waals surface area contributed by atoms with Crippen molar-refractivity contribution in [2.45, 2.75) is 26.3 Å². The lowest BCUT2D eigenvalue weighted by Gasteiger charge is -2.32. The number of fused-ring (bicyclic) bond motifs is 1. The summed E-state index contributed by atoms with van der Waals surface area (Å²) in [5.74, 6) is 1.02. The summed E-state index contributed by atoms with van der Waals surface area (Å²) in [6.45, 7) is 5.06. The summed E-state index contributed by atoms with van der Waals surface area (Å²) < 4.78 is 0. The van der Waals surface area contributed by atoms with Gasteiger partial charge in [-0.3, -0.25) is 0 Å². The third-order valence-corrected chi connectivity index (χ3v) is 4.43. The van der Waals surface area contributed by atoms with Gasteiger partial charge in [0.2, 0.25) is 0 Å². The Bertz CT molecular complexity index is 642. The fourth-order valence-electron chi connectivity index (χ4n) is 3.01. The van der Waals surface area contributed by atoms with Crippen molar-refractivity contribution >= 4 is 29.6 Å². The molecule has 5 heteroatoms. The zero-order chi connectivity index (χ0) is 15.5. The van der Waals surface area contributed by atoms with E-state index in [1.165, 1.54) is 16.8 Å². The second-order valence-electron chi connectivity index (χ2n) is 5.91. The molecular formula is C18H25ClN4. The van der Waals surface area contributed by atoms with Gasteiger partial charge in [0.05, 0.1) is 0 Å². The van der Waals surface area contributed by atoms with Gasteiger partial charge in [-0.1, -0.05) is 12.1 Å². The molecule has 1 aliphatic rings. The molecule has 23 heavy (non-hydrogen) atoms. The monoisotopic (exact) mass is 332 g/mol. The fraction of sp³-hybridized carbons (Fsp3) is 0.389. The number of hydrogen-bond donors (Lipinski definition) is 1. The number of nitrogens with two attached hydrogens (primary N) is 1. The van der Waals surface area contributed by atoms with Crippen molar-refractivity contribution in [1.82, 2.24) is 4.98 Å². The van der Waals surface area contributed by atoms with E-state index in [4.69, 9.17) is 5.73 Å². The summed E-state index contributed by atoms with van der Waals surface area (Å²) in [7, 11) is 2.06. The summed E-state index contributed by atoms with van der Waals surface area (Å²) in [6, 6.07) is 10.5. The van der Waals surface area contributed by atoms with Crippen LogP contribution in [0.4, 0.5) is 17.2 Å². The van der Waals surface area contributed by atoms with E-state index in [1.807, 2.05) is 18.3 Å². The molecule has 0 radical (unpaired) electrons. The number of anilines is 3. The van der Waals surface area contributed by atoms with Gasteiger partial charge in [-0.05, 0) is 49.1 Å². The van der Waals surface area contributed by atoms with Crippen molar-refractivity contribution in [3.05, 3.63) is 47.7 Å². The van der Waals surface area contributed by atoms with E-state index < -0.39 is 0 Å². The largest absolute Gasteiger partial charge is 0.398 e. The van der Waals surface area contributed by atoms with Gasteiger partial charge in [-0.15, -0.1) is 12.4 Å². The normalized spacial score (nSPS) is 13.2. The summed E-state index contributed by atoms with van der Waals surface area (Å²) >= 11 is 0. The third-order valence-electron chi connectivity index (χ3n) is 4.43. The van der Waals surface area contributed by atoms with E-state index in [9.17, 15) is 0 Å². The molecule has 4 nitrogen and oxygen atoms in total. The second-order valence-corrected chi connectivity index (χ2v) is 5.91. The Labute approximate surface area is 144 Å². The first kappa shape index (κ1) is 17.4. The zero-order valence-electron chi connectivity index (χ0n) is 13.8. The Hall–Kier alpha value is -1.94. The van der Waals surface area contributed by atoms with Crippen LogP contribution in [0.2, 0.25) is 0 Å². The van der Waals surface area contributed by atoms with Gasteiger partial charge in [0, 0.05) is 44.3 Å². The molecular weight excluding hydrogens is 308 g/mol. The number of benzene rings is 1. The van der Waals surface area contributed by atoms with Crippen molar-refractivity contribution in [1.29, 1.82) is 0 Å². The van der Waals surface area contributed by atoms with Crippen LogP contribution >= 0.6 is 12.4 Å². The standard InChI is InChI=1S/C18H24N4.ClH/c1-3-21(2)18-10-9-14(12-20-18)13-22-11-5-6-15-16(19)7-4-8-17(15)22;/h4,7-10,12H,3,5-6,11,13,19H2,1-2H3;1H. The van der Waals surface area contributed by atoms with Crippen molar-refractivity contribution < 1.29 is 0 Å². The number of nitrogen functional groups attached to an aromatic ring is 1. The van der Waals surface area contributed by atoms with Gasteiger partial charge in [0.15, 0.2) is 0 Å². The Kier molecular flexibility index (Phi) is 5.72. The first-order chi connectivity index (χ1) is 10.7. The first-order valence-corrected chi connectivity index (χ1v) is 7.97. The van der Waals surface area contributed by atoms with Crippen LogP contribution in [0, 0.1) is 0 Å². The Morgan fingerprint density at radius 1 is 1.26 bits per heavy atom. The molecule has 2 aromatic rings. The number of aromatic nitrogens is 1. The van der Waals surface area contributed by atoms with Crippen LogP contribution in [0.25, 0.3) is 0 Å². The van der Waals surface area contributed by atoms with Crippen LogP contribution < -0.4 is 15.5 Å². The summed E-state index contributed by atoms with van der Waals surface area (Å²) in [6.07, 6.45) is 4.23. The van der Waals surface area contributed by atoms with E-state index in [0.717, 1.165) is 44.0 Å². The van der Waals surface area contributed by atoms with Gasteiger partial charge in [-0.25, -0.2) is 4.98 Å². The fourth-order valence-corrected chi connectivity index (χ4v) is 3.01. The maximum Gasteiger partial charge on any atom is 0.128 e. The highest BCUT2D eigenvalue weighted by Crippen LogP contribution is 2.32. The topological polar surface area (TPSA) is 45.4 Å². The molecule has 2 heterocycles. The van der Waals surface area contributed by atoms with Crippen molar-refractivity contribution in [2.75, 3.05) is 35.7 Å². The van der Waals surface area contributed by atoms with Gasteiger partial charge >= 0.3 is 0 Å². The van der Waals surface area contributed by atoms with Crippen LogP contribution in [0.5, 0.6) is 0 Å². The van der Waals surface area contributed by atoms with Gasteiger partial charge < -0.3 is 15.5 Å². The molecule has 0 bridgehead atoms. The predicted molar refractivity (Wildman–Crippen MR) is 101 cm³/mol. The average molecular weight is 333 g/mol. The summed E-state index contributed by atoms with van der Waals surface area (Å²) in [5, 5.41) is 0. The van der Waals surface area contributed by atoms with Crippen LogP contribution in [0.3, 0.4) is 0 Å². The molecule has 0 unspecified atom stereocenters. The molecule has 0 atom stereocenters. The van der Waals surface area contributed by atoms with Gasteiger partial charge in [-0.2, -0.15) is 0 Å². The Morgan fingerprint density at radius 2 is 2.09 bits per heavy atom. The maximum atomic E-state index is 6.12. The maximum absolute atomic E-state index is 6.12. The minimum Gasteiger partial charge on any atom is -0.398 e. The number of rotatable bonds is 4. The molecule has 1 aromatic heterocycles. The number of hydrogen-bond acceptors (Lipinski definition) is 4. The highest BCUT2D eigenvalue weighted by atomic mass is 35.5. The SMILES string of the molecule is CCN(C)c1ccc(CN2CCCc3c(N)cccc32)cn1.Cl. The molecule has 124 valence electrons. The van der Waals surface area contributed by atoms with E-state index >= 15 is 0 Å². The van der Waals surface area contributed by atoms with Crippen LogP contribution in [-0.4, -0.2) is 25.1 Å². The molecule has 0 saturated carbocycles. The van der Waals surface area contributed by atoms with Gasteiger partial charge in [0.25, 0.3) is 0 Å². The lowest BCUT2D eigenvalue weighted by atomic mass is 9.99. The highest BCUT2D eigenvalue weighted by Gasteiger charge is 2.18. The zero-order valence-corrected chi connectivity index (χ0v) is 14.6. The number of halogens is 1. The lowest BCUT2D eigenvalue weighted by Crippen LogP contribution is -2.29. The van der Waals surface area contributed by atoms with E-state index in [1.54, 1.807) is 0 Å². The lowest BCUT2D eigenvalue weighted by molar-refractivity contribution is 0.691. The van der Waals surface area contributed by atoms with Crippen LogP contribution in [-0.2, 0) is 13.0 Å². The quantitative estimate of drug-likeness (QED) is 0.870. The van der Waals surface area contributed by atoms with Crippen LogP contribution in [0.15, 0.2) is 36.5 Å². The van der Waals surface area contributed by atoms with Crippen LogP contribution in [0.1, 0.15) is 24.5 Å². The van der Waals surface area contributed by atoms with E-state index in [2.05, 4.69) is 47.0 Å². The molecule has 0 aliphatic carbocycles. The van der Waals surface area contributed by atoms with Crippen molar-refractivity contribution in [3.8, 4) is 0 Å². The predicted octanol–water partition coefficient (Wildman–Crippen LogP) is 3.49. The molecule has 1 aromatic carbocycles. The molecule has 0 saturated heterocycles. The number of pyridine rings is 1. The molecule has 1 aliphatic heterocycles. The smallest absolute Gasteiger partial charge is 0.128 e. The first-order valence-electron chi connectivity index (χ1n) is 7.97. The highest BCUT2D eigenvalue weighted by molar-refractivity contribution is 5.85. The van der Waals surface area contributed by atoms with Crippen molar-refractivity contribution in [2.24, 2.45) is 0 Å².